The number of carbonyl (C=O) groups excluding carboxylic acids is 4. The van der Waals surface area contributed by atoms with Crippen LogP contribution in [0.2, 0.25) is 0 Å². The van der Waals surface area contributed by atoms with Crippen LogP contribution in [0.4, 0.5) is 27.5 Å². The molecular weight excluding hydrogens is 715 g/mol. The second-order valence-electron chi connectivity index (χ2n) is 10.4. The number of aryl methyl sites for hydroxylation is 1. The van der Waals surface area contributed by atoms with Crippen molar-refractivity contribution >= 4 is 79.4 Å². The van der Waals surface area contributed by atoms with Crippen molar-refractivity contribution in [1.82, 2.24) is 10.6 Å². The van der Waals surface area contributed by atoms with Gasteiger partial charge < -0.3 is 15.2 Å². The van der Waals surface area contributed by atoms with Crippen LogP contribution in [0.1, 0.15) is 15.9 Å². The minimum absolute atomic E-state index is 0.119. The first-order valence-corrected chi connectivity index (χ1v) is 16.5. The van der Waals surface area contributed by atoms with Gasteiger partial charge in [-0.1, -0.05) is 11.1 Å². The van der Waals surface area contributed by atoms with Crippen molar-refractivity contribution in [3.63, 3.8) is 0 Å². The predicted molar refractivity (Wildman–Crippen MR) is 177 cm³/mol. The van der Waals surface area contributed by atoms with Gasteiger partial charge in [0, 0.05) is 21.9 Å². The topological polar surface area (TPSA) is 276 Å². The normalized spacial score (nSPS) is 13.9. The Hall–Kier alpha value is -5.68. The fourth-order valence-electron chi connectivity index (χ4n) is 4.55. The molecule has 1 fully saturated rings. The van der Waals surface area contributed by atoms with E-state index in [1.165, 1.54) is 48.5 Å². The highest BCUT2D eigenvalue weighted by Gasteiger charge is 2.34. The summed E-state index contributed by atoms with van der Waals surface area (Å²) in [5.74, 6) is -2.25. The van der Waals surface area contributed by atoms with Crippen molar-refractivity contribution in [3.8, 4) is 5.75 Å². The molecule has 1 heterocycles. The number of nitrogens with zero attached hydrogens (tertiary/aromatic N) is 4. The zero-order valence-electron chi connectivity index (χ0n) is 26.0. The molecule has 0 saturated carbocycles. The SMILES string of the molecule is Cc1cc(NC(=O)c2ccc(/N=N/C3C(=O)NC(=O)NC3=O)cc2)c(OCCO)cc1/N=N/c1ccc2cc(SOOO)cc(S(=O)(=O)O)c2c1. The van der Waals surface area contributed by atoms with Gasteiger partial charge in [0.1, 0.15) is 17.3 Å². The largest absolute Gasteiger partial charge is 0.489 e. The van der Waals surface area contributed by atoms with Gasteiger partial charge in [0.2, 0.25) is 6.04 Å². The Kier molecular flexibility index (Phi) is 11.4. The molecule has 0 aromatic heterocycles. The summed E-state index contributed by atoms with van der Waals surface area (Å²) in [5, 5.41) is 44.4. The molecular formula is C30H25N7O12S2. The van der Waals surface area contributed by atoms with Crippen molar-refractivity contribution in [2.75, 3.05) is 18.5 Å². The van der Waals surface area contributed by atoms with Gasteiger partial charge in [0.15, 0.2) is 0 Å². The average Bonchev–Trinajstić information content (AvgIpc) is 3.08. The van der Waals surface area contributed by atoms with E-state index >= 15 is 0 Å². The number of hydrogen-bond donors (Lipinski definition) is 6. The quantitative estimate of drug-likeness (QED) is 0.0272. The minimum Gasteiger partial charge on any atom is -0.489 e. The van der Waals surface area contributed by atoms with Crippen molar-refractivity contribution in [3.05, 3.63) is 77.9 Å². The van der Waals surface area contributed by atoms with Crippen LogP contribution in [0.3, 0.4) is 0 Å². The van der Waals surface area contributed by atoms with E-state index in [0.717, 1.165) is 6.07 Å². The zero-order valence-corrected chi connectivity index (χ0v) is 27.6. The van der Waals surface area contributed by atoms with Crippen LogP contribution in [0.5, 0.6) is 5.75 Å². The number of benzene rings is 4. The Morgan fingerprint density at radius 1 is 0.941 bits per heavy atom. The summed E-state index contributed by atoms with van der Waals surface area (Å²) >= 11 is 0.515. The molecule has 1 aliphatic rings. The lowest BCUT2D eigenvalue weighted by Gasteiger charge is -2.16. The summed E-state index contributed by atoms with van der Waals surface area (Å²) in [6.45, 7) is 1.24. The van der Waals surface area contributed by atoms with Crippen molar-refractivity contribution in [2.45, 2.75) is 22.8 Å². The number of aliphatic hydroxyl groups excluding tert-OH is 1. The van der Waals surface area contributed by atoms with E-state index in [0.29, 0.717) is 28.7 Å². The highest BCUT2D eigenvalue weighted by molar-refractivity contribution is 7.94. The third kappa shape index (κ3) is 9.11. The van der Waals surface area contributed by atoms with E-state index in [1.807, 2.05) is 10.6 Å². The van der Waals surface area contributed by atoms with E-state index in [2.05, 4.69) is 35.1 Å². The number of rotatable bonds is 13. The first kappa shape index (κ1) is 36.6. The minimum atomic E-state index is -4.69. The number of imide groups is 2. The molecule has 1 saturated heterocycles. The molecule has 5 amide bonds. The molecule has 6 N–H and O–H groups in total. The van der Waals surface area contributed by atoms with Crippen LogP contribution >= 0.6 is 12.0 Å². The van der Waals surface area contributed by atoms with E-state index in [1.54, 1.807) is 19.1 Å². The molecule has 21 heteroatoms. The van der Waals surface area contributed by atoms with Gasteiger partial charge in [-0.3, -0.25) is 29.6 Å². The van der Waals surface area contributed by atoms with Crippen molar-refractivity contribution in [1.29, 1.82) is 0 Å². The number of barbiturate groups is 1. The van der Waals surface area contributed by atoms with Gasteiger partial charge in [-0.25, -0.2) is 10.1 Å². The van der Waals surface area contributed by atoms with Gasteiger partial charge in [-0.05, 0) is 72.5 Å². The van der Waals surface area contributed by atoms with Crippen LogP contribution in [0.25, 0.3) is 10.8 Å². The third-order valence-corrected chi connectivity index (χ3v) is 8.32. The number of amides is 5. The first-order valence-electron chi connectivity index (χ1n) is 14.3. The van der Waals surface area contributed by atoms with Gasteiger partial charge in [0.25, 0.3) is 27.8 Å². The second kappa shape index (κ2) is 15.9. The number of aliphatic hydroxyl groups is 1. The predicted octanol–water partition coefficient (Wildman–Crippen LogP) is 4.68. The van der Waals surface area contributed by atoms with Crippen LogP contribution in [-0.4, -0.2) is 66.3 Å². The molecule has 4 aromatic rings. The first-order chi connectivity index (χ1) is 24.4. The number of urea groups is 1. The Morgan fingerprint density at radius 3 is 2.31 bits per heavy atom. The molecule has 0 spiro atoms. The fourth-order valence-corrected chi connectivity index (χ4v) is 5.80. The molecule has 0 unspecified atom stereocenters. The van der Waals surface area contributed by atoms with E-state index in [-0.39, 0.29) is 51.9 Å². The molecule has 0 atom stereocenters. The van der Waals surface area contributed by atoms with Gasteiger partial charge in [0.05, 0.1) is 41.4 Å². The Morgan fingerprint density at radius 2 is 1.65 bits per heavy atom. The number of nitrogens with one attached hydrogen (secondary N) is 3. The standard InChI is InChI=1S/C30H25N7O12S2/c1-15-10-23(31-27(39)16-2-5-18(6-3-16)34-37-26-28(40)32-30(42)33-29(26)41)24(47-9-8-38)14-22(15)36-35-19-7-4-17-11-20(50-49-48-43)13-25(21(17)12-19)51(44,45)46/h2-7,10-14,26,38,43H,8-9H2,1H3,(H,31,39)(H,44,45,46)(H2,32,33,40,41,42)/b36-35+,37-34+. The maximum absolute atomic E-state index is 13.1. The van der Waals surface area contributed by atoms with E-state index in [4.69, 9.17) is 9.99 Å². The molecule has 0 bridgehead atoms. The maximum atomic E-state index is 13.1. The number of azo groups is 2. The Labute approximate surface area is 291 Å². The van der Waals surface area contributed by atoms with Gasteiger partial charge in [-0.2, -0.15) is 28.9 Å². The Balaban J connectivity index is 1.35. The van der Waals surface area contributed by atoms with Crippen molar-refractivity contribution < 1.29 is 56.6 Å². The molecule has 19 nitrogen and oxygen atoms in total. The van der Waals surface area contributed by atoms with Crippen LogP contribution < -0.4 is 20.7 Å². The molecule has 264 valence electrons. The number of hydrogen-bond acceptors (Lipinski definition) is 16. The molecule has 51 heavy (non-hydrogen) atoms. The number of fused-ring (bicyclic) bond motifs is 1. The summed E-state index contributed by atoms with van der Waals surface area (Å²) in [7, 11) is -4.69. The summed E-state index contributed by atoms with van der Waals surface area (Å²) in [6.07, 6.45) is 0. The van der Waals surface area contributed by atoms with Crippen LogP contribution in [-0.2, 0) is 29.1 Å². The number of ether oxygens (including phenoxy) is 1. The highest BCUT2D eigenvalue weighted by atomic mass is 32.2. The molecule has 5 rings (SSSR count). The van der Waals surface area contributed by atoms with E-state index < -0.39 is 44.8 Å². The Bertz CT molecular complexity index is 2180. The lowest BCUT2D eigenvalue weighted by atomic mass is 10.1. The zero-order chi connectivity index (χ0) is 36.7. The highest BCUT2D eigenvalue weighted by Crippen LogP contribution is 2.36. The molecule has 4 aromatic carbocycles. The molecule has 0 radical (unpaired) electrons. The number of carbonyl (C=O) groups is 4. The summed E-state index contributed by atoms with van der Waals surface area (Å²) in [5.41, 5.74) is 1.73. The second-order valence-corrected chi connectivity index (χ2v) is 12.5. The van der Waals surface area contributed by atoms with Gasteiger partial charge >= 0.3 is 6.03 Å². The lowest BCUT2D eigenvalue weighted by molar-refractivity contribution is -0.432. The average molecular weight is 740 g/mol. The molecule has 1 aliphatic heterocycles. The van der Waals surface area contributed by atoms with Crippen LogP contribution in [0.15, 0.2) is 97.0 Å². The number of anilines is 1. The monoisotopic (exact) mass is 739 g/mol. The summed E-state index contributed by atoms with van der Waals surface area (Å²) < 4.78 is 44.1. The van der Waals surface area contributed by atoms with Crippen molar-refractivity contribution in [2.24, 2.45) is 20.5 Å². The fraction of sp³-hybridized carbons (Fsp3) is 0.133. The maximum Gasteiger partial charge on any atom is 0.328 e. The van der Waals surface area contributed by atoms with Crippen LogP contribution in [0, 0.1) is 6.92 Å². The molecule has 0 aliphatic carbocycles. The van der Waals surface area contributed by atoms with E-state index in [9.17, 15) is 37.3 Å². The van der Waals surface area contributed by atoms with Gasteiger partial charge in [-0.15, -0.1) is 4.33 Å². The smallest absolute Gasteiger partial charge is 0.328 e. The summed E-state index contributed by atoms with van der Waals surface area (Å²) in [4.78, 5) is 47.8. The summed E-state index contributed by atoms with van der Waals surface area (Å²) in [6, 6.07) is 13.4. The lowest BCUT2D eigenvalue weighted by Crippen LogP contribution is -2.57. The third-order valence-electron chi connectivity index (χ3n) is 6.87.